The highest BCUT2D eigenvalue weighted by Gasteiger charge is 2.19. The van der Waals surface area contributed by atoms with Crippen LogP contribution in [0.3, 0.4) is 0 Å². The third-order valence-electron chi connectivity index (χ3n) is 5.64. The number of anilines is 1. The molecule has 0 aliphatic carbocycles. The Balaban J connectivity index is 1.56. The number of benzene rings is 2. The first-order valence-corrected chi connectivity index (χ1v) is 10.5. The van der Waals surface area contributed by atoms with E-state index >= 15 is 4.39 Å². The van der Waals surface area contributed by atoms with E-state index in [4.69, 9.17) is 9.47 Å². The van der Waals surface area contributed by atoms with Crippen LogP contribution in [0.15, 0.2) is 49.1 Å². The Morgan fingerprint density at radius 1 is 0.970 bits per heavy atom. The van der Waals surface area contributed by atoms with Crippen molar-refractivity contribution in [3.63, 3.8) is 0 Å². The molecule has 3 heterocycles. The van der Waals surface area contributed by atoms with Crippen molar-refractivity contribution < 1.29 is 18.3 Å². The number of hydrogen-bond donors (Lipinski definition) is 0. The van der Waals surface area contributed by atoms with Gasteiger partial charge in [-0.05, 0) is 29.8 Å². The van der Waals surface area contributed by atoms with Crippen LogP contribution >= 0.6 is 0 Å². The molecule has 0 saturated carbocycles. The molecule has 0 amide bonds. The zero-order chi connectivity index (χ0) is 22.8. The van der Waals surface area contributed by atoms with Gasteiger partial charge in [-0.15, -0.1) is 0 Å². The topological polar surface area (TPSA) is 73.3 Å². The van der Waals surface area contributed by atoms with Gasteiger partial charge in [-0.2, -0.15) is 0 Å². The van der Waals surface area contributed by atoms with Gasteiger partial charge in [0, 0.05) is 43.2 Å². The van der Waals surface area contributed by atoms with Crippen molar-refractivity contribution in [2.75, 3.05) is 38.3 Å². The van der Waals surface area contributed by atoms with Crippen LogP contribution in [0.5, 0.6) is 5.88 Å². The van der Waals surface area contributed by atoms with Gasteiger partial charge in [-0.25, -0.2) is 23.7 Å². The lowest BCUT2D eigenvalue weighted by Crippen LogP contribution is -2.36. The number of halogens is 2. The Bertz CT molecular complexity index is 1310. The van der Waals surface area contributed by atoms with E-state index in [1.165, 1.54) is 25.6 Å². The van der Waals surface area contributed by atoms with Crippen LogP contribution in [0, 0.1) is 11.6 Å². The minimum Gasteiger partial charge on any atom is -0.480 e. The molecule has 2 aromatic carbocycles. The summed E-state index contributed by atoms with van der Waals surface area (Å²) >= 11 is 0. The Morgan fingerprint density at radius 3 is 2.61 bits per heavy atom. The average molecular weight is 449 g/mol. The molecule has 0 bridgehead atoms. The number of morpholine rings is 1. The number of nitrogens with zero attached hydrogens (tertiary/aromatic N) is 5. The third kappa shape index (κ3) is 4.19. The molecule has 4 aromatic rings. The summed E-state index contributed by atoms with van der Waals surface area (Å²) in [5.74, 6) is -0.593. The lowest BCUT2D eigenvalue weighted by atomic mass is 10.0. The van der Waals surface area contributed by atoms with E-state index < -0.39 is 11.6 Å². The van der Waals surface area contributed by atoms with Crippen LogP contribution in [0.2, 0.25) is 0 Å². The molecule has 7 nitrogen and oxygen atoms in total. The molecule has 9 heteroatoms. The van der Waals surface area contributed by atoms with E-state index in [1.807, 2.05) is 4.90 Å². The SMILES string of the molecule is COc1nccnc1Cc1ccc(F)c(-c2ncnc3cc(N4CCOCC4)cc(F)c23)c1. The Labute approximate surface area is 189 Å². The van der Waals surface area contributed by atoms with Gasteiger partial charge in [0.15, 0.2) is 0 Å². The van der Waals surface area contributed by atoms with E-state index in [-0.39, 0.29) is 16.6 Å². The molecule has 2 aromatic heterocycles. The van der Waals surface area contributed by atoms with Gasteiger partial charge in [0.2, 0.25) is 5.88 Å². The zero-order valence-electron chi connectivity index (χ0n) is 18.0. The minimum absolute atomic E-state index is 0.183. The smallest absolute Gasteiger partial charge is 0.235 e. The summed E-state index contributed by atoms with van der Waals surface area (Å²) in [5.41, 5.74) is 2.92. The van der Waals surface area contributed by atoms with Crippen LogP contribution in [-0.4, -0.2) is 53.3 Å². The molecule has 1 saturated heterocycles. The normalized spacial score (nSPS) is 14.0. The van der Waals surface area contributed by atoms with E-state index in [2.05, 4.69) is 19.9 Å². The zero-order valence-corrected chi connectivity index (χ0v) is 18.0. The van der Waals surface area contributed by atoms with Crippen LogP contribution in [0.25, 0.3) is 22.2 Å². The summed E-state index contributed by atoms with van der Waals surface area (Å²) in [6, 6.07) is 7.92. The van der Waals surface area contributed by atoms with Gasteiger partial charge in [0.25, 0.3) is 0 Å². The standard InChI is InChI=1S/C24H21F2N5O2/c1-32-24-21(27-4-5-28-24)11-15-2-3-18(25)17(10-15)23-22-19(26)12-16(13-20(22)29-14-30-23)31-6-8-33-9-7-31/h2-5,10,12-14H,6-9,11H2,1H3. The Hall–Kier alpha value is -3.72. The molecular weight excluding hydrogens is 428 g/mol. The summed E-state index contributed by atoms with van der Waals surface area (Å²) in [7, 11) is 1.52. The molecule has 0 N–H and O–H groups in total. The monoisotopic (exact) mass is 449 g/mol. The van der Waals surface area contributed by atoms with Gasteiger partial charge in [-0.1, -0.05) is 6.07 Å². The fourth-order valence-corrected chi connectivity index (χ4v) is 4.04. The molecule has 5 rings (SSSR count). The second-order valence-electron chi connectivity index (χ2n) is 7.65. The quantitative estimate of drug-likeness (QED) is 0.459. The lowest BCUT2D eigenvalue weighted by Gasteiger charge is -2.29. The molecule has 33 heavy (non-hydrogen) atoms. The van der Waals surface area contributed by atoms with Crippen molar-refractivity contribution in [1.82, 2.24) is 19.9 Å². The molecule has 0 atom stereocenters. The first-order chi connectivity index (χ1) is 16.1. The van der Waals surface area contributed by atoms with Crippen LogP contribution in [0.1, 0.15) is 11.3 Å². The summed E-state index contributed by atoms with van der Waals surface area (Å²) in [5, 5.41) is 0.183. The van der Waals surface area contributed by atoms with Crippen molar-refractivity contribution in [2.45, 2.75) is 6.42 Å². The minimum atomic E-state index is -0.499. The van der Waals surface area contributed by atoms with Gasteiger partial charge >= 0.3 is 0 Å². The van der Waals surface area contributed by atoms with Gasteiger partial charge in [-0.3, -0.25) is 4.98 Å². The molecular formula is C24H21F2N5O2. The molecule has 1 fully saturated rings. The largest absolute Gasteiger partial charge is 0.480 e. The van der Waals surface area contributed by atoms with Crippen molar-refractivity contribution in [3.05, 3.63) is 71.9 Å². The number of rotatable bonds is 5. The highest BCUT2D eigenvalue weighted by atomic mass is 19.1. The van der Waals surface area contributed by atoms with Crippen LogP contribution in [-0.2, 0) is 11.2 Å². The molecule has 168 valence electrons. The predicted octanol–water partition coefficient (Wildman–Crippen LogP) is 3.80. The highest BCUT2D eigenvalue weighted by Crippen LogP contribution is 2.33. The van der Waals surface area contributed by atoms with Gasteiger partial charge in [0.1, 0.15) is 23.7 Å². The summed E-state index contributed by atoms with van der Waals surface area (Å²) in [6.45, 7) is 2.52. The van der Waals surface area contributed by atoms with Crippen molar-refractivity contribution in [1.29, 1.82) is 0 Å². The van der Waals surface area contributed by atoms with Gasteiger partial charge in [0.05, 0.1) is 36.9 Å². The summed E-state index contributed by atoms with van der Waals surface area (Å²) in [4.78, 5) is 19.0. The maximum absolute atomic E-state index is 15.3. The van der Waals surface area contributed by atoms with Gasteiger partial charge < -0.3 is 14.4 Å². The molecule has 0 spiro atoms. The van der Waals surface area contributed by atoms with Crippen molar-refractivity contribution in [2.24, 2.45) is 0 Å². The molecule has 0 unspecified atom stereocenters. The molecule has 1 aliphatic rings. The fraction of sp³-hybridized carbons (Fsp3) is 0.250. The number of hydrogen-bond acceptors (Lipinski definition) is 7. The van der Waals surface area contributed by atoms with Crippen LogP contribution < -0.4 is 9.64 Å². The predicted molar refractivity (Wildman–Crippen MR) is 119 cm³/mol. The third-order valence-corrected chi connectivity index (χ3v) is 5.64. The first-order valence-electron chi connectivity index (χ1n) is 10.5. The van der Waals surface area contributed by atoms with E-state index in [0.717, 1.165) is 11.3 Å². The van der Waals surface area contributed by atoms with Crippen molar-refractivity contribution >= 4 is 16.6 Å². The number of methoxy groups -OCH3 is 1. The molecule has 0 radical (unpaired) electrons. The van der Waals surface area contributed by atoms with Crippen molar-refractivity contribution in [3.8, 4) is 17.1 Å². The Morgan fingerprint density at radius 2 is 1.79 bits per heavy atom. The number of fused-ring (bicyclic) bond motifs is 1. The van der Waals surface area contributed by atoms with Crippen LogP contribution in [0.4, 0.5) is 14.5 Å². The lowest BCUT2D eigenvalue weighted by molar-refractivity contribution is 0.122. The second-order valence-corrected chi connectivity index (χ2v) is 7.65. The van der Waals surface area contributed by atoms with E-state index in [1.54, 1.807) is 30.6 Å². The summed E-state index contributed by atoms with van der Waals surface area (Å²) < 4.78 is 40.9. The second kappa shape index (κ2) is 9.03. The number of ether oxygens (including phenoxy) is 2. The average Bonchev–Trinajstić information content (AvgIpc) is 2.85. The Kier molecular flexibility index (Phi) is 5.78. The molecule has 1 aliphatic heterocycles. The number of aromatic nitrogens is 4. The summed E-state index contributed by atoms with van der Waals surface area (Å²) in [6.07, 6.45) is 4.82. The first kappa shape index (κ1) is 21.1. The van der Waals surface area contributed by atoms with E-state index in [9.17, 15) is 4.39 Å². The maximum Gasteiger partial charge on any atom is 0.235 e. The fourth-order valence-electron chi connectivity index (χ4n) is 4.04. The van der Waals surface area contributed by atoms with E-state index in [0.29, 0.717) is 49.8 Å². The highest BCUT2D eigenvalue weighted by molar-refractivity contribution is 5.94. The maximum atomic E-state index is 15.3.